The largest absolute Gasteiger partial charge is 0.430 e. The maximum absolute atomic E-state index is 13.1. The second-order valence-electron chi connectivity index (χ2n) is 10.6. The molecule has 0 bridgehead atoms. The summed E-state index contributed by atoms with van der Waals surface area (Å²) in [6.45, 7) is 2.10. The summed E-state index contributed by atoms with van der Waals surface area (Å²) in [4.78, 5) is 72.7. The number of nitrogens with one attached hydrogen (secondary N) is 2. The van der Waals surface area contributed by atoms with Crippen molar-refractivity contribution in [1.82, 2.24) is 25.2 Å². The molecule has 0 aliphatic heterocycles. The third-order valence-electron chi connectivity index (χ3n) is 7.85. The Bertz CT molecular complexity index is 2120. The number of primary amides is 1. The number of amides is 3. The van der Waals surface area contributed by atoms with Gasteiger partial charge in [0.05, 0.1) is 12.3 Å². The van der Waals surface area contributed by atoms with Gasteiger partial charge in [-0.2, -0.15) is 0 Å². The molecule has 0 radical (unpaired) electrons. The molecule has 0 fully saturated rings. The second-order valence-corrected chi connectivity index (χ2v) is 10.6. The molecule has 1 aliphatic rings. The number of hydrogen-bond donors (Lipinski definition) is 4. The third kappa shape index (κ3) is 5.51. The Morgan fingerprint density at radius 2 is 1.80 bits per heavy atom. The number of hydrogen-bond acceptors (Lipinski definition) is 10. The molecule has 1 atom stereocenters. The highest BCUT2D eigenvalue weighted by molar-refractivity contribution is 5.97. The highest BCUT2D eigenvalue weighted by Crippen LogP contribution is 2.34. The maximum atomic E-state index is 13.1. The lowest BCUT2D eigenvalue weighted by atomic mass is 9.98. The Hall–Kier alpha value is -6.18. The van der Waals surface area contributed by atoms with Crippen molar-refractivity contribution >= 4 is 40.6 Å². The molecule has 0 saturated heterocycles. The molecule has 2 aromatic heterocycles. The van der Waals surface area contributed by atoms with Crippen LogP contribution in [0, 0.1) is 6.92 Å². The van der Waals surface area contributed by atoms with Gasteiger partial charge in [-0.25, -0.2) is 14.8 Å². The van der Waals surface area contributed by atoms with E-state index in [1.165, 1.54) is 16.8 Å². The number of benzene rings is 2. The van der Waals surface area contributed by atoms with Crippen LogP contribution in [0.3, 0.4) is 0 Å². The monoisotopic (exact) mass is 606 g/mol. The number of anilines is 1. The summed E-state index contributed by atoms with van der Waals surface area (Å²) in [5.74, 6) is -0.934. The van der Waals surface area contributed by atoms with Crippen molar-refractivity contribution < 1.29 is 19.2 Å². The fraction of sp³-hybridized carbons (Fsp3) is 0.161. The van der Waals surface area contributed by atoms with Gasteiger partial charge in [-0.3, -0.25) is 24.0 Å². The highest BCUT2D eigenvalue weighted by atomic mass is 16.7. The van der Waals surface area contributed by atoms with Crippen LogP contribution < -0.4 is 33.0 Å². The zero-order valence-corrected chi connectivity index (χ0v) is 23.9. The zero-order chi connectivity index (χ0) is 31.8. The van der Waals surface area contributed by atoms with E-state index in [1.54, 1.807) is 12.4 Å². The number of nitrogen functional groups attached to an aromatic ring is 1. The second kappa shape index (κ2) is 11.5. The molecule has 45 heavy (non-hydrogen) atoms. The molecule has 14 heteroatoms. The SMILES string of the molecule is Cc1c(/C=N/OC(N)=O)ccc2c1CC[C@@H]2NC(=O)c1cc(C(=O)NCc2ccc3cn(-c4c(N)c(=O)c4=O)cc3c2)ncn1. The normalized spacial score (nSPS) is 14.1. The molecule has 0 spiro atoms. The van der Waals surface area contributed by atoms with Crippen molar-refractivity contribution in [3.63, 3.8) is 0 Å². The number of rotatable bonds is 8. The molecule has 5 aromatic rings. The van der Waals surface area contributed by atoms with Crippen molar-refractivity contribution in [3.8, 4) is 5.69 Å². The van der Waals surface area contributed by atoms with Gasteiger partial charge in [0.2, 0.25) is 0 Å². The van der Waals surface area contributed by atoms with Crippen LogP contribution >= 0.6 is 0 Å². The summed E-state index contributed by atoms with van der Waals surface area (Å²) in [6.07, 6.45) is 6.37. The number of oxime groups is 1. The van der Waals surface area contributed by atoms with Crippen molar-refractivity contribution in [1.29, 1.82) is 0 Å². The number of fused-ring (bicyclic) bond motifs is 2. The smallest absolute Gasteiger partial charge is 0.394 e. The summed E-state index contributed by atoms with van der Waals surface area (Å²) in [6, 6.07) is 10.3. The Morgan fingerprint density at radius 3 is 2.56 bits per heavy atom. The molecule has 0 saturated carbocycles. The summed E-state index contributed by atoms with van der Waals surface area (Å²) in [7, 11) is 0. The maximum Gasteiger partial charge on any atom is 0.430 e. The molecule has 14 nitrogen and oxygen atoms in total. The van der Waals surface area contributed by atoms with Gasteiger partial charge in [0.25, 0.3) is 22.7 Å². The van der Waals surface area contributed by atoms with Crippen LogP contribution in [0.5, 0.6) is 0 Å². The lowest BCUT2D eigenvalue weighted by Gasteiger charge is -2.15. The van der Waals surface area contributed by atoms with Crippen LogP contribution in [-0.4, -0.2) is 38.7 Å². The average molecular weight is 607 g/mol. The van der Waals surface area contributed by atoms with E-state index in [1.807, 2.05) is 37.3 Å². The number of carbonyl (C=O) groups excluding carboxylic acids is 3. The van der Waals surface area contributed by atoms with Gasteiger partial charge in [-0.1, -0.05) is 29.4 Å². The Labute approximate surface area is 254 Å². The van der Waals surface area contributed by atoms with E-state index < -0.39 is 28.8 Å². The van der Waals surface area contributed by atoms with Crippen LogP contribution in [-0.2, 0) is 17.8 Å². The Balaban J connectivity index is 1.10. The van der Waals surface area contributed by atoms with Gasteiger partial charge in [0, 0.05) is 30.4 Å². The van der Waals surface area contributed by atoms with Gasteiger partial charge >= 0.3 is 6.09 Å². The van der Waals surface area contributed by atoms with Crippen molar-refractivity contribution in [2.75, 3.05) is 5.73 Å². The first-order valence-corrected chi connectivity index (χ1v) is 13.8. The van der Waals surface area contributed by atoms with E-state index in [0.29, 0.717) is 6.42 Å². The van der Waals surface area contributed by atoms with E-state index >= 15 is 0 Å². The average Bonchev–Trinajstić information content (AvgIpc) is 3.64. The molecule has 6 rings (SSSR count). The van der Waals surface area contributed by atoms with Crippen LogP contribution in [0.2, 0.25) is 0 Å². The van der Waals surface area contributed by atoms with Gasteiger partial charge in [-0.05, 0) is 59.0 Å². The highest BCUT2D eigenvalue weighted by Gasteiger charge is 2.27. The molecular weight excluding hydrogens is 580 g/mol. The van der Waals surface area contributed by atoms with Gasteiger partial charge in [-0.15, -0.1) is 0 Å². The van der Waals surface area contributed by atoms with Crippen LogP contribution in [0.4, 0.5) is 10.5 Å². The molecule has 3 aromatic carbocycles. The summed E-state index contributed by atoms with van der Waals surface area (Å²) in [5.41, 5.74) is 14.0. The predicted molar refractivity (Wildman–Crippen MR) is 164 cm³/mol. The molecule has 0 unspecified atom stereocenters. The van der Waals surface area contributed by atoms with Gasteiger partial charge in [0.1, 0.15) is 29.1 Å². The van der Waals surface area contributed by atoms with Crippen molar-refractivity contribution in [2.45, 2.75) is 32.4 Å². The Morgan fingerprint density at radius 1 is 1.04 bits per heavy atom. The van der Waals surface area contributed by atoms with Crippen LogP contribution in [0.15, 0.2) is 69.9 Å². The third-order valence-corrected chi connectivity index (χ3v) is 7.85. The first kappa shape index (κ1) is 28.9. The van der Waals surface area contributed by atoms with Crippen LogP contribution in [0.25, 0.3) is 16.5 Å². The fourth-order valence-corrected chi connectivity index (χ4v) is 5.52. The predicted octanol–water partition coefficient (Wildman–Crippen LogP) is 1.68. The van der Waals surface area contributed by atoms with Crippen LogP contribution in [0.1, 0.15) is 61.3 Å². The lowest BCUT2D eigenvalue weighted by Crippen LogP contribution is -2.38. The minimum absolute atomic E-state index is 0.0303. The topological polar surface area (TPSA) is 214 Å². The summed E-state index contributed by atoms with van der Waals surface area (Å²) < 4.78 is 1.53. The van der Waals surface area contributed by atoms with E-state index in [9.17, 15) is 24.0 Å². The minimum atomic E-state index is -1.00. The molecule has 1 aliphatic carbocycles. The quantitative estimate of drug-likeness (QED) is 0.0874. The molecule has 2 heterocycles. The fourth-order valence-electron chi connectivity index (χ4n) is 5.52. The number of aromatic nitrogens is 3. The van der Waals surface area contributed by atoms with E-state index in [4.69, 9.17) is 11.5 Å². The van der Waals surface area contributed by atoms with Crippen molar-refractivity contribution in [3.05, 3.63) is 115 Å². The standard InChI is InChI=1S/C31H26N8O6/c1-15-17(11-37-45-31(33)44)4-5-21-20(15)6-7-22(21)38-30(43)24-9-23(35-14-36-24)29(42)34-10-16-2-3-18-12-39(13-19(18)8-16)26-25(32)27(40)28(26)41/h2-5,8-9,11-14,22H,6-7,10,32H2,1H3,(H2,33,44)(H,34,42)(H,38,43)/b37-11+/t22-/m0/s1. The van der Waals surface area contributed by atoms with E-state index in [0.717, 1.165) is 51.3 Å². The zero-order valence-electron chi connectivity index (χ0n) is 23.9. The minimum Gasteiger partial charge on any atom is -0.394 e. The number of carbonyl (C=O) groups is 3. The first-order valence-electron chi connectivity index (χ1n) is 13.8. The summed E-state index contributed by atoms with van der Waals surface area (Å²) >= 11 is 0. The van der Waals surface area contributed by atoms with E-state index in [2.05, 4.69) is 30.6 Å². The van der Waals surface area contributed by atoms with Crippen molar-refractivity contribution in [2.24, 2.45) is 10.9 Å². The molecule has 3 amide bonds. The van der Waals surface area contributed by atoms with E-state index in [-0.39, 0.29) is 35.3 Å². The molecule has 226 valence electrons. The number of nitrogens with two attached hydrogens (primary N) is 2. The number of nitrogens with zero attached hydrogens (tertiary/aromatic N) is 4. The molecular formula is C31H26N8O6. The van der Waals surface area contributed by atoms with Gasteiger partial charge < -0.3 is 26.7 Å². The molecule has 6 N–H and O–H groups in total. The first-order chi connectivity index (χ1) is 21.6. The summed E-state index contributed by atoms with van der Waals surface area (Å²) in [5, 5.41) is 11.0. The Kier molecular flexibility index (Phi) is 7.38. The lowest BCUT2D eigenvalue weighted by molar-refractivity contribution is 0.0931. The van der Waals surface area contributed by atoms with Gasteiger partial charge in [0.15, 0.2) is 0 Å².